The summed E-state index contributed by atoms with van der Waals surface area (Å²) < 4.78 is 46.4. The van der Waals surface area contributed by atoms with E-state index in [4.69, 9.17) is 9.72 Å². The molecule has 2 amide bonds. The highest BCUT2D eigenvalue weighted by Crippen LogP contribution is 2.43. The monoisotopic (exact) mass is 601 g/mol. The number of alkyl halides is 3. The van der Waals surface area contributed by atoms with Gasteiger partial charge in [0.15, 0.2) is 0 Å². The highest BCUT2D eigenvalue weighted by atomic mass is 19.4. The zero-order valence-electron chi connectivity index (χ0n) is 24.8. The summed E-state index contributed by atoms with van der Waals surface area (Å²) in [6, 6.07) is 11.2. The Morgan fingerprint density at radius 3 is 2.42 bits per heavy atom. The normalized spacial score (nSPS) is 25.4. The topological polar surface area (TPSA) is 79.7 Å². The number of rotatable bonds is 8. The molecule has 1 N–H and O–H groups in total. The minimum absolute atomic E-state index is 0.00378. The first-order chi connectivity index (χ1) is 20.7. The van der Waals surface area contributed by atoms with Crippen LogP contribution in [-0.2, 0) is 27.3 Å². The number of carbonyl (C=O) groups is 2. The molecule has 2 bridgehead atoms. The lowest BCUT2D eigenvalue weighted by atomic mass is 9.94. The number of nitrogens with zero attached hydrogens (tertiary/aromatic N) is 4. The van der Waals surface area contributed by atoms with Crippen molar-refractivity contribution in [3.8, 4) is 0 Å². The Bertz CT molecular complexity index is 1280. The molecule has 0 aliphatic carbocycles. The fourth-order valence-electron chi connectivity index (χ4n) is 7.85. The number of piperidine rings is 1. The van der Waals surface area contributed by atoms with Crippen LogP contribution in [0.4, 0.5) is 13.2 Å². The van der Waals surface area contributed by atoms with Gasteiger partial charge < -0.3 is 19.5 Å². The molecular formula is C32H42F3N5O3. The van der Waals surface area contributed by atoms with Crippen LogP contribution in [0.1, 0.15) is 86.2 Å². The lowest BCUT2D eigenvalue weighted by Gasteiger charge is -2.41. The number of imidazole rings is 1. The van der Waals surface area contributed by atoms with Crippen LogP contribution in [-0.4, -0.2) is 75.7 Å². The Morgan fingerprint density at radius 1 is 1.05 bits per heavy atom. The molecule has 3 saturated heterocycles. The third-order valence-corrected chi connectivity index (χ3v) is 9.94. The quantitative estimate of drug-likeness (QED) is 0.467. The molecule has 4 aliphatic rings. The van der Waals surface area contributed by atoms with Gasteiger partial charge in [0.2, 0.25) is 11.8 Å². The summed E-state index contributed by atoms with van der Waals surface area (Å²) in [6.07, 6.45) is 1.01. The van der Waals surface area contributed by atoms with Gasteiger partial charge >= 0.3 is 6.18 Å². The molecule has 8 nitrogen and oxygen atoms in total. The van der Waals surface area contributed by atoms with E-state index in [1.54, 1.807) is 0 Å². The number of carbonyl (C=O) groups excluding carboxylic acids is 2. The van der Waals surface area contributed by atoms with Gasteiger partial charge in [0.25, 0.3) is 0 Å². The molecule has 6 rings (SSSR count). The standard InChI is InChI=1S/C32H42F3N5O3/c1-21-36-28-9-13-38(30(41)19-32(33,34)35)20-29(28)40(21)26-17-24-7-8-25(18-26)39(24)14-10-27(22-5-3-2-4-6-22)37-31(42)23-11-15-43-16-12-23/h2-6,23-27H,7-20H2,1H3,(H,37,42)/t24?,25?,26?,27-/m0/s1. The average Bonchev–Trinajstić information content (AvgIpc) is 3.44. The third kappa shape index (κ3) is 6.77. The van der Waals surface area contributed by atoms with Crippen LogP contribution in [0.3, 0.4) is 0 Å². The lowest BCUT2D eigenvalue weighted by Crippen LogP contribution is -2.46. The smallest absolute Gasteiger partial charge is 0.381 e. The third-order valence-electron chi connectivity index (χ3n) is 9.94. The van der Waals surface area contributed by atoms with Crippen molar-refractivity contribution >= 4 is 11.8 Å². The Hall–Kier alpha value is -2.92. The van der Waals surface area contributed by atoms with Gasteiger partial charge in [-0.05, 0) is 57.4 Å². The van der Waals surface area contributed by atoms with Crippen molar-refractivity contribution in [1.29, 1.82) is 0 Å². The van der Waals surface area contributed by atoms with Gasteiger partial charge in [0, 0.05) is 56.8 Å². The van der Waals surface area contributed by atoms with Crippen molar-refractivity contribution in [2.24, 2.45) is 5.92 Å². The SMILES string of the molecule is Cc1nc2c(n1C1CC3CCC(C1)N3CC[C@H](NC(=O)C1CCOCC1)c1ccccc1)CN(C(=O)CC(F)(F)F)CC2. The predicted molar refractivity (Wildman–Crippen MR) is 154 cm³/mol. The van der Waals surface area contributed by atoms with Crippen LogP contribution in [0.2, 0.25) is 0 Å². The van der Waals surface area contributed by atoms with Gasteiger partial charge in [0.05, 0.1) is 24.0 Å². The summed E-state index contributed by atoms with van der Waals surface area (Å²) in [4.78, 5) is 34.3. The molecule has 1 aromatic carbocycles. The number of halogens is 3. The number of nitrogens with one attached hydrogen (secondary N) is 1. The average molecular weight is 602 g/mol. The van der Waals surface area contributed by atoms with Crippen molar-refractivity contribution < 1.29 is 27.5 Å². The lowest BCUT2D eigenvalue weighted by molar-refractivity contribution is -0.162. The molecule has 11 heteroatoms. The van der Waals surface area contributed by atoms with E-state index in [2.05, 4.69) is 26.9 Å². The number of benzene rings is 1. The number of fused-ring (bicyclic) bond motifs is 3. The van der Waals surface area contributed by atoms with Crippen LogP contribution in [0.15, 0.2) is 30.3 Å². The van der Waals surface area contributed by atoms with Crippen LogP contribution in [0.5, 0.6) is 0 Å². The highest BCUT2D eigenvalue weighted by molar-refractivity contribution is 5.79. The van der Waals surface area contributed by atoms with E-state index < -0.39 is 18.5 Å². The fraction of sp³-hybridized carbons (Fsp3) is 0.656. The summed E-state index contributed by atoms with van der Waals surface area (Å²) in [6.45, 7) is 4.58. The predicted octanol–water partition coefficient (Wildman–Crippen LogP) is 4.87. The molecule has 2 unspecified atom stereocenters. The maximum atomic E-state index is 13.2. The minimum atomic E-state index is -4.51. The summed E-state index contributed by atoms with van der Waals surface area (Å²) in [5.74, 6) is 0.126. The van der Waals surface area contributed by atoms with Crippen molar-refractivity contribution in [2.45, 2.75) is 102 Å². The van der Waals surface area contributed by atoms with Crippen molar-refractivity contribution in [1.82, 2.24) is 24.7 Å². The van der Waals surface area contributed by atoms with E-state index in [9.17, 15) is 22.8 Å². The van der Waals surface area contributed by atoms with Crippen molar-refractivity contribution in [2.75, 3.05) is 26.3 Å². The minimum Gasteiger partial charge on any atom is -0.381 e. The second-order valence-corrected chi connectivity index (χ2v) is 12.7. The molecule has 234 valence electrons. The van der Waals surface area contributed by atoms with Crippen LogP contribution in [0.25, 0.3) is 0 Å². The maximum absolute atomic E-state index is 13.2. The van der Waals surface area contributed by atoms with Gasteiger partial charge in [-0.25, -0.2) is 4.98 Å². The summed E-state index contributed by atoms with van der Waals surface area (Å²) in [7, 11) is 0. The number of hydrogen-bond donors (Lipinski definition) is 1. The van der Waals surface area contributed by atoms with Crippen LogP contribution < -0.4 is 5.32 Å². The van der Waals surface area contributed by atoms with E-state index >= 15 is 0 Å². The zero-order chi connectivity index (χ0) is 30.1. The van der Waals surface area contributed by atoms with Gasteiger partial charge in [-0.15, -0.1) is 0 Å². The fourth-order valence-corrected chi connectivity index (χ4v) is 7.85. The van der Waals surface area contributed by atoms with E-state index in [0.717, 1.165) is 74.3 Å². The Kier molecular flexibility index (Phi) is 8.82. The molecular weight excluding hydrogens is 559 g/mol. The molecule has 43 heavy (non-hydrogen) atoms. The number of hydrogen-bond acceptors (Lipinski definition) is 5. The number of aryl methyl sites for hydroxylation is 1. The van der Waals surface area contributed by atoms with Crippen molar-refractivity contribution in [3.05, 3.63) is 53.1 Å². The largest absolute Gasteiger partial charge is 0.397 e. The van der Waals surface area contributed by atoms with Gasteiger partial charge in [0.1, 0.15) is 12.2 Å². The highest BCUT2D eigenvalue weighted by Gasteiger charge is 2.43. The molecule has 4 aliphatic heterocycles. The summed E-state index contributed by atoms with van der Waals surface area (Å²) in [5, 5.41) is 3.36. The van der Waals surface area contributed by atoms with Crippen LogP contribution >= 0.6 is 0 Å². The molecule has 1 aromatic heterocycles. The summed E-state index contributed by atoms with van der Waals surface area (Å²) >= 11 is 0. The van der Waals surface area contributed by atoms with Gasteiger partial charge in [-0.1, -0.05) is 30.3 Å². The van der Waals surface area contributed by atoms with Crippen molar-refractivity contribution in [3.63, 3.8) is 0 Å². The Balaban J connectivity index is 1.12. The first kappa shape index (κ1) is 30.1. The number of aromatic nitrogens is 2. The van der Waals surface area contributed by atoms with E-state index in [-0.39, 0.29) is 37.0 Å². The molecule has 5 heterocycles. The molecule has 3 atom stereocenters. The Labute approximate surface area is 251 Å². The maximum Gasteiger partial charge on any atom is 0.397 e. The van der Waals surface area contributed by atoms with Gasteiger partial charge in [-0.3, -0.25) is 14.5 Å². The summed E-state index contributed by atoms with van der Waals surface area (Å²) in [5.41, 5.74) is 2.93. The molecule has 2 aromatic rings. The number of amides is 2. The second kappa shape index (κ2) is 12.6. The van der Waals surface area contributed by atoms with E-state index in [0.29, 0.717) is 31.7 Å². The molecule has 0 spiro atoms. The van der Waals surface area contributed by atoms with Gasteiger partial charge in [-0.2, -0.15) is 13.2 Å². The molecule has 0 radical (unpaired) electrons. The first-order valence-electron chi connectivity index (χ1n) is 15.8. The number of ether oxygens (including phenoxy) is 1. The molecule has 0 saturated carbocycles. The second-order valence-electron chi connectivity index (χ2n) is 12.7. The zero-order valence-corrected chi connectivity index (χ0v) is 24.8. The first-order valence-corrected chi connectivity index (χ1v) is 15.8. The van der Waals surface area contributed by atoms with Crippen LogP contribution in [0, 0.1) is 12.8 Å². The molecule has 3 fully saturated rings. The Morgan fingerprint density at radius 2 is 1.74 bits per heavy atom. The van der Waals surface area contributed by atoms with E-state index in [1.807, 2.05) is 25.1 Å². The van der Waals surface area contributed by atoms with E-state index in [1.165, 1.54) is 4.90 Å².